The molecule has 4 rings (SSSR count). The number of hydrogen-bond acceptors (Lipinski definition) is 4. The van der Waals surface area contributed by atoms with E-state index in [9.17, 15) is 14.4 Å². The normalized spacial score (nSPS) is 12.4. The second-order valence-corrected chi connectivity index (χ2v) is 6.60. The van der Waals surface area contributed by atoms with Gasteiger partial charge >= 0.3 is 0 Å². The lowest BCUT2D eigenvalue weighted by Crippen LogP contribution is -2.24. The van der Waals surface area contributed by atoms with Gasteiger partial charge in [0.15, 0.2) is 11.6 Å². The molecule has 3 aromatic rings. The van der Waals surface area contributed by atoms with Crippen molar-refractivity contribution in [1.29, 1.82) is 0 Å². The average molecular weight is 397 g/mol. The molecule has 0 atom stereocenters. The molecule has 7 heteroatoms. The predicted molar refractivity (Wildman–Crippen MR) is 102 cm³/mol. The summed E-state index contributed by atoms with van der Waals surface area (Å²) in [6.07, 6.45) is 0. The lowest BCUT2D eigenvalue weighted by molar-refractivity contribution is 0.0978. The molecule has 1 amide bonds. The van der Waals surface area contributed by atoms with E-state index in [0.29, 0.717) is 11.1 Å². The number of pyridine rings is 1. The zero-order chi connectivity index (χ0) is 19.1. The number of fused-ring (bicyclic) bond motifs is 2. The second kappa shape index (κ2) is 6.61. The van der Waals surface area contributed by atoms with Crippen LogP contribution in [0.25, 0.3) is 0 Å². The number of aromatic nitrogens is 1. The smallest absolute Gasteiger partial charge is 0.258 e. The molecule has 132 valence electrons. The molecule has 0 spiro atoms. The first-order valence-electron chi connectivity index (χ1n) is 7.92. The standard InChI is InChI=1S/C20H10Cl2N2O3/c21-15-9-8-13(19(22)24-15)20(27)23-14-7-3-6-12-16(14)18(26)11-5-2-1-4-10(11)17(12)25/h1-9H,(H,23,27). The summed E-state index contributed by atoms with van der Waals surface area (Å²) in [5, 5.41) is 2.75. The Balaban J connectivity index is 1.77. The fourth-order valence-corrected chi connectivity index (χ4v) is 3.45. The molecule has 0 saturated heterocycles. The van der Waals surface area contributed by atoms with E-state index in [1.54, 1.807) is 42.5 Å². The number of amides is 1. The molecular formula is C20H10Cl2N2O3. The Labute approximate surface area is 163 Å². The molecule has 5 nitrogen and oxygen atoms in total. The van der Waals surface area contributed by atoms with Crippen molar-refractivity contribution in [3.8, 4) is 0 Å². The van der Waals surface area contributed by atoms with Crippen molar-refractivity contribution in [3.63, 3.8) is 0 Å². The molecule has 0 fully saturated rings. The third-order valence-corrected chi connectivity index (χ3v) is 4.76. The number of hydrogen-bond donors (Lipinski definition) is 1. The van der Waals surface area contributed by atoms with E-state index in [4.69, 9.17) is 23.2 Å². The van der Waals surface area contributed by atoms with Gasteiger partial charge in [0.1, 0.15) is 10.3 Å². The lowest BCUT2D eigenvalue weighted by Gasteiger charge is -2.20. The molecule has 1 aliphatic carbocycles. The number of carbonyl (C=O) groups is 3. The van der Waals surface area contributed by atoms with Crippen LogP contribution in [0.4, 0.5) is 5.69 Å². The van der Waals surface area contributed by atoms with Gasteiger partial charge in [0.25, 0.3) is 5.91 Å². The highest BCUT2D eigenvalue weighted by Crippen LogP contribution is 2.32. The molecule has 0 radical (unpaired) electrons. The van der Waals surface area contributed by atoms with Gasteiger partial charge in [-0.15, -0.1) is 0 Å². The van der Waals surface area contributed by atoms with Crippen LogP contribution in [0.15, 0.2) is 54.6 Å². The Morgan fingerprint density at radius 2 is 1.48 bits per heavy atom. The van der Waals surface area contributed by atoms with Crippen LogP contribution in [0.3, 0.4) is 0 Å². The summed E-state index contributed by atoms with van der Waals surface area (Å²) >= 11 is 11.7. The number of benzene rings is 2. The number of carbonyl (C=O) groups excluding carboxylic acids is 3. The monoisotopic (exact) mass is 396 g/mol. The maximum absolute atomic E-state index is 12.9. The third kappa shape index (κ3) is 2.91. The number of rotatable bonds is 2. The predicted octanol–water partition coefficient (Wildman–Crippen LogP) is 4.42. The molecule has 1 aromatic heterocycles. The first-order valence-corrected chi connectivity index (χ1v) is 8.68. The molecule has 27 heavy (non-hydrogen) atoms. The minimum absolute atomic E-state index is 0.0578. The van der Waals surface area contributed by atoms with Gasteiger partial charge < -0.3 is 5.32 Å². The fraction of sp³-hybridized carbons (Fsp3) is 0. The van der Waals surface area contributed by atoms with E-state index in [2.05, 4.69) is 10.3 Å². The molecule has 2 aromatic carbocycles. The molecule has 0 saturated carbocycles. The molecule has 0 bridgehead atoms. The van der Waals surface area contributed by atoms with Crippen molar-refractivity contribution < 1.29 is 14.4 Å². The molecule has 1 aliphatic rings. The van der Waals surface area contributed by atoms with Crippen molar-refractivity contribution in [2.24, 2.45) is 0 Å². The van der Waals surface area contributed by atoms with Gasteiger partial charge in [-0.3, -0.25) is 14.4 Å². The van der Waals surface area contributed by atoms with Gasteiger partial charge in [0.2, 0.25) is 0 Å². The topological polar surface area (TPSA) is 76.1 Å². The minimum atomic E-state index is -0.559. The Morgan fingerprint density at radius 1 is 0.815 bits per heavy atom. The Hall–Kier alpha value is -3.02. The lowest BCUT2D eigenvalue weighted by atomic mass is 9.83. The van der Waals surface area contributed by atoms with Gasteiger partial charge in [-0.1, -0.05) is 59.6 Å². The maximum atomic E-state index is 12.9. The molecule has 0 aliphatic heterocycles. The zero-order valence-electron chi connectivity index (χ0n) is 13.6. The van der Waals surface area contributed by atoms with Gasteiger partial charge in [-0.05, 0) is 18.2 Å². The summed E-state index contributed by atoms with van der Waals surface area (Å²) in [5.41, 5.74) is 1.40. The Bertz CT molecular complexity index is 1140. The van der Waals surface area contributed by atoms with Crippen molar-refractivity contribution in [3.05, 3.63) is 92.7 Å². The van der Waals surface area contributed by atoms with Crippen LogP contribution < -0.4 is 5.32 Å². The Kier molecular flexibility index (Phi) is 4.26. The summed E-state index contributed by atoms with van der Waals surface area (Å²) in [6, 6.07) is 14.2. The molecule has 1 N–H and O–H groups in total. The molecule has 0 unspecified atom stereocenters. The van der Waals surface area contributed by atoms with E-state index in [1.165, 1.54) is 12.1 Å². The van der Waals surface area contributed by atoms with E-state index in [1.807, 2.05) is 0 Å². The number of halogens is 2. The van der Waals surface area contributed by atoms with Gasteiger partial charge in [0, 0.05) is 16.7 Å². The van der Waals surface area contributed by atoms with Crippen molar-refractivity contribution in [1.82, 2.24) is 4.98 Å². The quantitative estimate of drug-likeness (QED) is 0.508. The van der Waals surface area contributed by atoms with Crippen LogP contribution in [0, 0.1) is 0 Å². The Morgan fingerprint density at radius 3 is 2.19 bits per heavy atom. The fourth-order valence-electron chi connectivity index (χ4n) is 3.02. The summed E-state index contributed by atoms with van der Waals surface area (Å²) in [5.74, 6) is -1.14. The van der Waals surface area contributed by atoms with Gasteiger partial charge in [-0.2, -0.15) is 0 Å². The number of nitrogens with one attached hydrogen (secondary N) is 1. The molecular weight excluding hydrogens is 387 g/mol. The van der Waals surface area contributed by atoms with E-state index in [-0.39, 0.29) is 44.3 Å². The van der Waals surface area contributed by atoms with E-state index < -0.39 is 5.91 Å². The highest BCUT2D eigenvalue weighted by Gasteiger charge is 2.31. The van der Waals surface area contributed by atoms with Gasteiger partial charge in [-0.25, -0.2) is 4.98 Å². The largest absolute Gasteiger partial charge is 0.321 e. The first kappa shape index (κ1) is 17.4. The summed E-state index contributed by atoms with van der Waals surface area (Å²) in [7, 11) is 0. The van der Waals surface area contributed by atoms with Crippen molar-refractivity contribution in [2.75, 3.05) is 5.32 Å². The number of anilines is 1. The van der Waals surface area contributed by atoms with E-state index >= 15 is 0 Å². The SMILES string of the molecule is O=C(Nc1cccc2c1C(=O)c1ccccc1C2=O)c1ccc(Cl)nc1Cl. The number of nitrogens with zero attached hydrogens (tertiary/aromatic N) is 1. The highest BCUT2D eigenvalue weighted by atomic mass is 35.5. The minimum Gasteiger partial charge on any atom is -0.321 e. The van der Waals surface area contributed by atoms with E-state index in [0.717, 1.165) is 0 Å². The summed E-state index contributed by atoms with van der Waals surface area (Å²) < 4.78 is 0. The zero-order valence-corrected chi connectivity index (χ0v) is 15.1. The summed E-state index contributed by atoms with van der Waals surface area (Å²) in [6.45, 7) is 0. The number of ketones is 2. The van der Waals surface area contributed by atoms with Crippen LogP contribution in [0.2, 0.25) is 10.3 Å². The third-order valence-electron chi connectivity index (χ3n) is 4.26. The van der Waals surface area contributed by atoms with Gasteiger partial charge in [0.05, 0.1) is 16.8 Å². The first-order chi connectivity index (χ1) is 13.0. The van der Waals surface area contributed by atoms with Crippen LogP contribution in [-0.4, -0.2) is 22.5 Å². The van der Waals surface area contributed by atoms with Crippen LogP contribution in [0.5, 0.6) is 0 Å². The average Bonchev–Trinajstić information content (AvgIpc) is 2.66. The van der Waals surface area contributed by atoms with Crippen molar-refractivity contribution in [2.45, 2.75) is 0 Å². The highest BCUT2D eigenvalue weighted by molar-refractivity contribution is 6.35. The van der Waals surface area contributed by atoms with Crippen LogP contribution >= 0.6 is 23.2 Å². The maximum Gasteiger partial charge on any atom is 0.258 e. The molecule has 1 heterocycles. The van der Waals surface area contributed by atoms with Crippen LogP contribution in [-0.2, 0) is 0 Å². The summed E-state index contributed by atoms with van der Waals surface area (Å²) in [4.78, 5) is 42.1. The second-order valence-electron chi connectivity index (χ2n) is 5.86. The van der Waals surface area contributed by atoms with Crippen LogP contribution in [0.1, 0.15) is 42.2 Å². The van der Waals surface area contributed by atoms with Crippen molar-refractivity contribution >= 4 is 46.4 Å².